The normalized spacial score (nSPS) is 12.0. The number of fused-ring (bicyclic) bond motifs is 1. The summed E-state index contributed by atoms with van der Waals surface area (Å²) in [5.41, 5.74) is 1.46. The Labute approximate surface area is 81.9 Å². The number of hydrogen-bond donors (Lipinski definition) is 0. The van der Waals surface area contributed by atoms with Gasteiger partial charge < -0.3 is 0 Å². The van der Waals surface area contributed by atoms with Gasteiger partial charge in [-0.25, -0.2) is 9.37 Å². The van der Waals surface area contributed by atoms with E-state index in [-0.39, 0.29) is 0 Å². The SMILES string of the molecule is [CH2]/C(F)=C/c1ccc2ccccc2n1. The minimum Gasteiger partial charge on any atom is -0.248 e. The van der Waals surface area contributed by atoms with Gasteiger partial charge in [-0.05, 0) is 18.2 Å². The quantitative estimate of drug-likeness (QED) is 0.665. The lowest BCUT2D eigenvalue weighted by Crippen LogP contribution is -1.82. The Morgan fingerprint density at radius 3 is 2.79 bits per heavy atom. The van der Waals surface area contributed by atoms with E-state index in [2.05, 4.69) is 11.9 Å². The summed E-state index contributed by atoms with van der Waals surface area (Å²) in [5, 5.41) is 1.05. The lowest BCUT2D eigenvalue weighted by Gasteiger charge is -1.97. The van der Waals surface area contributed by atoms with Crippen molar-refractivity contribution in [2.24, 2.45) is 0 Å². The predicted octanol–water partition coefficient (Wildman–Crippen LogP) is 3.38. The van der Waals surface area contributed by atoms with Crippen molar-refractivity contribution in [3.8, 4) is 0 Å². The van der Waals surface area contributed by atoms with Crippen LogP contribution in [-0.4, -0.2) is 4.98 Å². The van der Waals surface area contributed by atoms with Gasteiger partial charge >= 0.3 is 0 Å². The van der Waals surface area contributed by atoms with Crippen LogP contribution < -0.4 is 0 Å². The number of benzene rings is 1. The zero-order valence-electron chi connectivity index (χ0n) is 7.57. The van der Waals surface area contributed by atoms with Crippen LogP contribution in [0.2, 0.25) is 0 Å². The third-order valence-electron chi connectivity index (χ3n) is 1.92. The summed E-state index contributed by atoms with van der Waals surface area (Å²) in [6.07, 6.45) is 1.31. The number of aromatic nitrogens is 1. The van der Waals surface area contributed by atoms with Crippen LogP contribution in [0.3, 0.4) is 0 Å². The maximum Gasteiger partial charge on any atom is 0.102 e. The molecule has 2 rings (SSSR count). The molecule has 0 unspecified atom stereocenters. The second-order valence-electron chi connectivity index (χ2n) is 3.02. The lowest BCUT2D eigenvalue weighted by atomic mass is 10.2. The fourth-order valence-electron chi connectivity index (χ4n) is 1.32. The number of halogens is 1. The van der Waals surface area contributed by atoms with Crippen molar-refractivity contribution in [1.29, 1.82) is 0 Å². The fraction of sp³-hybridized carbons (Fsp3) is 0. The van der Waals surface area contributed by atoms with E-state index in [4.69, 9.17) is 0 Å². The molecule has 0 atom stereocenters. The van der Waals surface area contributed by atoms with Crippen LogP contribution in [0.5, 0.6) is 0 Å². The fourth-order valence-corrected chi connectivity index (χ4v) is 1.32. The summed E-state index contributed by atoms with van der Waals surface area (Å²) in [7, 11) is 0. The van der Waals surface area contributed by atoms with Gasteiger partial charge in [0.15, 0.2) is 0 Å². The standard InChI is InChI=1S/C12H9FN/c1-9(13)8-11-7-6-10-4-2-3-5-12(10)14-11/h2-8H,1H2/b9-8-. The van der Waals surface area contributed by atoms with Gasteiger partial charge in [-0.15, -0.1) is 0 Å². The summed E-state index contributed by atoms with van der Waals surface area (Å²) in [4.78, 5) is 4.26. The van der Waals surface area contributed by atoms with Crippen molar-refractivity contribution >= 4 is 17.0 Å². The molecule has 1 radical (unpaired) electrons. The van der Waals surface area contributed by atoms with Crippen molar-refractivity contribution in [3.63, 3.8) is 0 Å². The van der Waals surface area contributed by atoms with E-state index in [1.54, 1.807) is 6.07 Å². The van der Waals surface area contributed by atoms with E-state index in [9.17, 15) is 4.39 Å². The average molecular weight is 186 g/mol. The van der Waals surface area contributed by atoms with Crippen LogP contribution in [0, 0.1) is 6.92 Å². The third-order valence-corrected chi connectivity index (χ3v) is 1.92. The molecule has 0 saturated heterocycles. The number of hydrogen-bond acceptors (Lipinski definition) is 1. The van der Waals surface area contributed by atoms with Crippen LogP contribution >= 0.6 is 0 Å². The number of pyridine rings is 1. The summed E-state index contributed by atoms with van der Waals surface area (Å²) in [5.74, 6) is -0.479. The molecule has 0 N–H and O–H groups in total. The number of allylic oxidation sites excluding steroid dienone is 1. The first-order valence-corrected chi connectivity index (χ1v) is 4.31. The number of nitrogens with zero attached hydrogens (tertiary/aromatic N) is 1. The van der Waals surface area contributed by atoms with Crippen molar-refractivity contribution < 1.29 is 4.39 Å². The second kappa shape index (κ2) is 3.58. The molecular weight excluding hydrogens is 177 g/mol. The summed E-state index contributed by atoms with van der Waals surface area (Å²) in [6.45, 7) is 3.17. The van der Waals surface area contributed by atoms with Crippen molar-refractivity contribution in [3.05, 3.63) is 54.8 Å². The third kappa shape index (κ3) is 1.79. The van der Waals surface area contributed by atoms with Crippen LogP contribution in [0.4, 0.5) is 4.39 Å². The highest BCUT2D eigenvalue weighted by molar-refractivity contribution is 5.79. The molecule has 1 aromatic carbocycles. The highest BCUT2D eigenvalue weighted by atomic mass is 19.1. The van der Waals surface area contributed by atoms with Gasteiger partial charge in [-0.1, -0.05) is 24.3 Å². The van der Waals surface area contributed by atoms with Crippen molar-refractivity contribution in [1.82, 2.24) is 4.98 Å². The Balaban J connectivity index is 2.57. The monoisotopic (exact) mass is 186 g/mol. The number of para-hydroxylation sites is 1. The highest BCUT2D eigenvalue weighted by Crippen LogP contribution is 2.13. The van der Waals surface area contributed by atoms with E-state index in [1.165, 1.54) is 6.08 Å². The van der Waals surface area contributed by atoms with Gasteiger partial charge in [0.1, 0.15) is 5.83 Å². The minimum absolute atomic E-state index is 0.479. The zero-order valence-corrected chi connectivity index (χ0v) is 7.57. The molecule has 1 aromatic heterocycles. The maximum absolute atomic E-state index is 12.5. The molecular formula is C12H9FN. The maximum atomic E-state index is 12.5. The molecule has 0 fully saturated rings. The van der Waals surface area contributed by atoms with Gasteiger partial charge in [-0.3, -0.25) is 0 Å². The molecule has 1 nitrogen and oxygen atoms in total. The highest BCUT2D eigenvalue weighted by Gasteiger charge is 1.95. The Morgan fingerprint density at radius 2 is 2.00 bits per heavy atom. The molecule has 2 heteroatoms. The van der Waals surface area contributed by atoms with Gasteiger partial charge in [0.05, 0.1) is 11.2 Å². The van der Waals surface area contributed by atoms with Crippen molar-refractivity contribution in [2.45, 2.75) is 0 Å². The van der Waals surface area contributed by atoms with Gasteiger partial charge in [0.25, 0.3) is 0 Å². The van der Waals surface area contributed by atoms with Crippen LogP contribution in [0.25, 0.3) is 17.0 Å². The second-order valence-corrected chi connectivity index (χ2v) is 3.02. The molecule has 0 amide bonds. The molecule has 0 spiro atoms. The molecule has 0 saturated carbocycles. The van der Waals surface area contributed by atoms with Crippen LogP contribution in [-0.2, 0) is 0 Å². The molecule has 0 aliphatic rings. The summed E-state index contributed by atoms with van der Waals surface area (Å²) < 4.78 is 12.5. The predicted molar refractivity (Wildman–Crippen MR) is 56.2 cm³/mol. The van der Waals surface area contributed by atoms with E-state index in [1.807, 2.05) is 30.3 Å². The molecule has 0 bridgehead atoms. The average Bonchev–Trinajstić information content (AvgIpc) is 2.17. The van der Waals surface area contributed by atoms with Gasteiger partial charge in [-0.2, -0.15) is 0 Å². The first-order valence-electron chi connectivity index (χ1n) is 4.31. The largest absolute Gasteiger partial charge is 0.248 e. The Kier molecular flexibility index (Phi) is 2.27. The summed E-state index contributed by atoms with van der Waals surface area (Å²) >= 11 is 0. The van der Waals surface area contributed by atoms with Crippen LogP contribution in [0.1, 0.15) is 5.69 Å². The zero-order chi connectivity index (χ0) is 9.97. The first-order chi connectivity index (χ1) is 6.75. The summed E-state index contributed by atoms with van der Waals surface area (Å²) in [6, 6.07) is 11.4. The Morgan fingerprint density at radius 1 is 1.21 bits per heavy atom. The minimum atomic E-state index is -0.479. The van der Waals surface area contributed by atoms with E-state index >= 15 is 0 Å². The van der Waals surface area contributed by atoms with E-state index in [0.717, 1.165) is 10.9 Å². The molecule has 1 heterocycles. The first kappa shape index (κ1) is 8.88. The van der Waals surface area contributed by atoms with E-state index < -0.39 is 5.83 Å². The molecule has 0 aliphatic carbocycles. The molecule has 14 heavy (non-hydrogen) atoms. The lowest BCUT2D eigenvalue weighted by molar-refractivity contribution is 0.672. The Bertz CT molecular complexity index is 484. The van der Waals surface area contributed by atoms with Gasteiger partial charge in [0, 0.05) is 12.3 Å². The van der Waals surface area contributed by atoms with Gasteiger partial charge in [0.2, 0.25) is 0 Å². The van der Waals surface area contributed by atoms with Crippen LogP contribution in [0.15, 0.2) is 42.2 Å². The smallest absolute Gasteiger partial charge is 0.102 e. The van der Waals surface area contributed by atoms with Crippen molar-refractivity contribution in [2.75, 3.05) is 0 Å². The molecule has 2 aromatic rings. The Hall–Kier alpha value is -1.70. The number of rotatable bonds is 1. The molecule has 0 aliphatic heterocycles. The molecule has 69 valence electrons. The topological polar surface area (TPSA) is 12.9 Å². The van der Waals surface area contributed by atoms with E-state index in [0.29, 0.717) is 5.69 Å².